The van der Waals surface area contributed by atoms with Crippen LogP contribution in [-0.4, -0.2) is 28.8 Å². The highest BCUT2D eigenvalue weighted by molar-refractivity contribution is 7.80. The molecule has 1 unspecified atom stereocenters. The molecule has 76 valence electrons. The van der Waals surface area contributed by atoms with E-state index in [0.29, 0.717) is 4.88 Å². The lowest BCUT2D eigenvalue weighted by molar-refractivity contribution is -0.138. The lowest BCUT2D eigenvalue weighted by Crippen LogP contribution is -2.41. The molecule has 0 aromatic carbocycles. The Morgan fingerprint density at radius 3 is 2.79 bits per heavy atom. The molecular weight excluding hydrogens is 222 g/mol. The molecule has 0 spiro atoms. The third-order valence-electron chi connectivity index (χ3n) is 1.53. The maximum atomic E-state index is 11.4. The standard InChI is InChI=1S/C8H9NO3S2/c10-7(6-2-1-3-14-6)9-5(4-13)8(11)12/h1-3,5,13H,4H2,(H,9,10)(H,11,12). The number of hydrogen-bond acceptors (Lipinski definition) is 4. The van der Waals surface area contributed by atoms with Gasteiger partial charge in [-0.25, -0.2) is 4.79 Å². The lowest BCUT2D eigenvalue weighted by atomic mass is 10.3. The van der Waals surface area contributed by atoms with Crippen molar-refractivity contribution in [2.45, 2.75) is 6.04 Å². The van der Waals surface area contributed by atoms with Crippen molar-refractivity contribution in [2.24, 2.45) is 0 Å². The molecule has 1 heterocycles. The normalized spacial score (nSPS) is 12.1. The van der Waals surface area contributed by atoms with Crippen molar-refractivity contribution in [2.75, 3.05) is 5.75 Å². The summed E-state index contributed by atoms with van der Waals surface area (Å²) in [5.41, 5.74) is 0. The summed E-state index contributed by atoms with van der Waals surface area (Å²) in [7, 11) is 0. The number of nitrogens with one attached hydrogen (secondary N) is 1. The summed E-state index contributed by atoms with van der Waals surface area (Å²) in [4.78, 5) is 22.5. The van der Waals surface area contributed by atoms with Gasteiger partial charge in [-0.3, -0.25) is 4.79 Å². The Morgan fingerprint density at radius 1 is 1.64 bits per heavy atom. The minimum Gasteiger partial charge on any atom is -0.480 e. The van der Waals surface area contributed by atoms with Gasteiger partial charge < -0.3 is 10.4 Å². The van der Waals surface area contributed by atoms with Crippen LogP contribution in [0.5, 0.6) is 0 Å². The third-order valence-corrected chi connectivity index (χ3v) is 2.76. The molecule has 4 nitrogen and oxygen atoms in total. The predicted octanol–water partition coefficient (Wildman–Crippen LogP) is 0.861. The summed E-state index contributed by atoms with van der Waals surface area (Å²) in [5, 5.41) is 12.8. The van der Waals surface area contributed by atoms with Crippen LogP contribution in [0.25, 0.3) is 0 Å². The predicted molar refractivity (Wildman–Crippen MR) is 57.1 cm³/mol. The van der Waals surface area contributed by atoms with Crippen molar-refractivity contribution in [3.8, 4) is 0 Å². The Morgan fingerprint density at radius 2 is 2.36 bits per heavy atom. The number of thiophene rings is 1. The van der Waals surface area contributed by atoms with Crippen molar-refractivity contribution in [1.82, 2.24) is 5.32 Å². The van der Waals surface area contributed by atoms with Crippen molar-refractivity contribution < 1.29 is 14.7 Å². The van der Waals surface area contributed by atoms with E-state index in [4.69, 9.17) is 5.11 Å². The number of amides is 1. The van der Waals surface area contributed by atoms with E-state index in [1.807, 2.05) is 0 Å². The van der Waals surface area contributed by atoms with E-state index < -0.39 is 12.0 Å². The van der Waals surface area contributed by atoms with Crippen LogP contribution >= 0.6 is 24.0 Å². The van der Waals surface area contributed by atoms with Gasteiger partial charge in [0, 0.05) is 5.75 Å². The van der Waals surface area contributed by atoms with E-state index >= 15 is 0 Å². The van der Waals surface area contributed by atoms with Crippen LogP contribution in [0.2, 0.25) is 0 Å². The molecule has 0 fully saturated rings. The summed E-state index contributed by atoms with van der Waals surface area (Å²) in [6, 6.07) is 2.43. The van der Waals surface area contributed by atoms with Gasteiger partial charge in [-0.2, -0.15) is 12.6 Å². The molecular formula is C8H9NO3S2. The number of carboxylic acids is 1. The molecule has 0 aliphatic carbocycles. The first-order valence-corrected chi connectivity index (χ1v) is 5.34. The first-order chi connectivity index (χ1) is 6.65. The molecule has 0 radical (unpaired) electrons. The Kier molecular flexibility index (Phi) is 3.97. The quantitative estimate of drug-likeness (QED) is 0.673. The number of rotatable bonds is 4. The highest BCUT2D eigenvalue weighted by atomic mass is 32.1. The Bertz CT molecular complexity index is 323. The van der Waals surface area contributed by atoms with Gasteiger partial charge in [0.2, 0.25) is 0 Å². The minimum atomic E-state index is -1.08. The fourth-order valence-corrected chi connectivity index (χ4v) is 1.70. The van der Waals surface area contributed by atoms with Crippen molar-refractivity contribution in [3.63, 3.8) is 0 Å². The topological polar surface area (TPSA) is 66.4 Å². The Labute approximate surface area is 90.4 Å². The van der Waals surface area contributed by atoms with E-state index in [1.165, 1.54) is 11.3 Å². The van der Waals surface area contributed by atoms with Crippen LogP contribution in [-0.2, 0) is 4.79 Å². The number of carbonyl (C=O) groups excluding carboxylic acids is 1. The molecule has 0 bridgehead atoms. The fourth-order valence-electron chi connectivity index (χ4n) is 0.823. The number of carboxylic acid groups (broad SMARTS) is 1. The van der Waals surface area contributed by atoms with E-state index in [9.17, 15) is 9.59 Å². The van der Waals surface area contributed by atoms with Gasteiger partial charge in [0.15, 0.2) is 0 Å². The second-order valence-electron chi connectivity index (χ2n) is 2.52. The largest absolute Gasteiger partial charge is 0.480 e. The second kappa shape index (κ2) is 5.02. The Hall–Kier alpha value is -1.01. The van der Waals surface area contributed by atoms with Crippen LogP contribution in [0, 0.1) is 0 Å². The van der Waals surface area contributed by atoms with Crippen LogP contribution in [0.15, 0.2) is 17.5 Å². The molecule has 1 atom stereocenters. The molecule has 0 aliphatic heterocycles. The van der Waals surface area contributed by atoms with Crippen molar-refractivity contribution in [1.29, 1.82) is 0 Å². The molecule has 1 aromatic heterocycles. The number of thiol groups is 1. The van der Waals surface area contributed by atoms with Gasteiger partial charge in [-0.1, -0.05) is 6.07 Å². The molecule has 1 aromatic rings. The van der Waals surface area contributed by atoms with E-state index in [-0.39, 0.29) is 11.7 Å². The van der Waals surface area contributed by atoms with Crippen molar-refractivity contribution >= 4 is 35.8 Å². The summed E-state index contributed by atoms with van der Waals surface area (Å²) in [5.74, 6) is -1.38. The second-order valence-corrected chi connectivity index (χ2v) is 3.84. The number of aliphatic carboxylic acids is 1. The summed E-state index contributed by atoms with van der Waals surface area (Å²) < 4.78 is 0. The zero-order chi connectivity index (χ0) is 10.6. The molecule has 1 amide bonds. The monoisotopic (exact) mass is 231 g/mol. The smallest absolute Gasteiger partial charge is 0.327 e. The van der Waals surface area contributed by atoms with Gasteiger partial charge in [0.25, 0.3) is 5.91 Å². The first kappa shape index (κ1) is 11.1. The first-order valence-electron chi connectivity index (χ1n) is 3.83. The van der Waals surface area contributed by atoms with Crippen LogP contribution in [0.3, 0.4) is 0 Å². The zero-order valence-electron chi connectivity index (χ0n) is 7.14. The average Bonchev–Trinajstić information content (AvgIpc) is 2.65. The molecule has 0 aliphatic rings. The van der Waals surface area contributed by atoms with Gasteiger partial charge in [-0.15, -0.1) is 11.3 Å². The average molecular weight is 231 g/mol. The lowest BCUT2D eigenvalue weighted by Gasteiger charge is -2.10. The molecule has 6 heteroatoms. The SMILES string of the molecule is O=C(NC(CS)C(=O)O)c1cccs1. The highest BCUT2D eigenvalue weighted by Gasteiger charge is 2.18. The Balaban J connectivity index is 2.60. The number of hydrogen-bond donors (Lipinski definition) is 3. The highest BCUT2D eigenvalue weighted by Crippen LogP contribution is 2.08. The van der Waals surface area contributed by atoms with E-state index in [1.54, 1.807) is 17.5 Å². The van der Waals surface area contributed by atoms with Crippen molar-refractivity contribution in [3.05, 3.63) is 22.4 Å². The maximum absolute atomic E-state index is 11.4. The fraction of sp³-hybridized carbons (Fsp3) is 0.250. The van der Waals surface area contributed by atoms with Crippen LogP contribution < -0.4 is 5.32 Å². The summed E-state index contributed by atoms with van der Waals surface area (Å²) in [6.07, 6.45) is 0. The van der Waals surface area contributed by atoms with Gasteiger partial charge >= 0.3 is 5.97 Å². The van der Waals surface area contributed by atoms with E-state index in [0.717, 1.165) is 0 Å². The van der Waals surface area contributed by atoms with E-state index in [2.05, 4.69) is 17.9 Å². The molecule has 1 rings (SSSR count). The maximum Gasteiger partial charge on any atom is 0.327 e. The third kappa shape index (κ3) is 2.74. The summed E-state index contributed by atoms with van der Waals surface area (Å²) >= 11 is 5.10. The van der Waals surface area contributed by atoms with Crippen LogP contribution in [0.1, 0.15) is 9.67 Å². The molecule has 14 heavy (non-hydrogen) atoms. The molecule has 0 saturated heterocycles. The minimum absolute atomic E-state index is 0.0758. The van der Waals surface area contributed by atoms with Gasteiger partial charge in [0.05, 0.1) is 4.88 Å². The van der Waals surface area contributed by atoms with Gasteiger partial charge in [0.1, 0.15) is 6.04 Å². The van der Waals surface area contributed by atoms with Gasteiger partial charge in [-0.05, 0) is 11.4 Å². The zero-order valence-corrected chi connectivity index (χ0v) is 8.85. The number of carbonyl (C=O) groups is 2. The van der Waals surface area contributed by atoms with Crippen LogP contribution in [0.4, 0.5) is 0 Å². The molecule has 2 N–H and O–H groups in total. The molecule has 0 saturated carbocycles. The summed E-state index contributed by atoms with van der Waals surface area (Å²) in [6.45, 7) is 0.